The fourth-order valence-corrected chi connectivity index (χ4v) is 2.87. The van der Waals surface area contributed by atoms with Gasteiger partial charge in [-0.2, -0.15) is 0 Å². The van der Waals surface area contributed by atoms with Crippen molar-refractivity contribution in [1.82, 2.24) is 10.2 Å². The van der Waals surface area contributed by atoms with Crippen molar-refractivity contribution in [3.8, 4) is 0 Å². The standard InChI is InChI=1S/C16H32N2O4/c1-12(17-13(10-19)11-21-5)9-14-7-6-8-18(14)15(20)22-16(2,3)4/h12-14,17,19H,6-11H2,1-5H3/t12-,13-,14+/m0/s1. The lowest BCUT2D eigenvalue weighted by Gasteiger charge is -2.31. The number of nitrogens with one attached hydrogen (secondary N) is 1. The van der Waals surface area contributed by atoms with Gasteiger partial charge < -0.3 is 24.8 Å². The highest BCUT2D eigenvalue weighted by atomic mass is 16.6. The molecule has 1 heterocycles. The summed E-state index contributed by atoms with van der Waals surface area (Å²) in [7, 11) is 1.62. The zero-order valence-electron chi connectivity index (χ0n) is 14.6. The summed E-state index contributed by atoms with van der Waals surface area (Å²) >= 11 is 0. The van der Waals surface area contributed by atoms with E-state index in [1.54, 1.807) is 7.11 Å². The van der Waals surface area contributed by atoms with Gasteiger partial charge in [-0.1, -0.05) is 0 Å². The maximum Gasteiger partial charge on any atom is 0.410 e. The Morgan fingerprint density at radius 1 is 1.45 bits per heavy atom. The Morgan fingerprint density at radius 2 is 2.14 bits per heavy atom. The number of nitrogens with zero attached hydrogens (tertiary/aromatic N) is 1. The molecule has 22 heavy (non-hydrogen) atoms. The maximum atomic E-state index is 12.3. The molecule has 0 aromatic carbocycles. The van der Waals surface area contributed by atoms with Crippen LogP contribution < -0.4 is 5.32 Å². The molecule has 0 spiro atoms. The van der Waals surface area contributed by atoms with Crippen molar-refractivity contribution in [2.45, 2.75) is 70.7 Å². The van der Waals surface area contributed by atoms with E-state index in [4.69, 9.17) is 9.47 Å². The molecule has 1 aliphatic rings. The molecule has 0 bridgehead atoms. The van der Waals surface area contributed by atoms with Crippen LogP contribution in [0, 0.1) is 0 Å². The molecular weight excluding hydrogens is 284 g/mol. The minimum absolute atomic E-state index is 0.0403. The van der Waals surface area contributed by atoms with E-state index in [2.05, 4.69) is 12.2 Å². The van der Waals surface area contributed by atoms with Crippen LogP contribution in [0.3, 0.4) is 0 Å². The third kappa shape index (κ3) is 6.50. The summed E-state index contributed by atoms with van der Waals surface area (Å²) in [6, 6.07) is 0.316. The van der Waals surface area contributed by atoms with Gasteiger partial charge in [0.1, 0.15) is 5.60 Å². The Labute approximate surface area is 134 Å². The average molecular weight is 316 g/mol. The molecule has 6 nitrogen and oxygen atoms in total. The van der Waals surface area contributed by atoms with Gasteiger partial charge in [0.15, 0.2) is 0 Å². The van der Waals surface area contributed by atoms with E-state index in [9.17, 15) is 9.90 Å². The number of methoxy groups -OCH3 is 1. The molecular formula is C16H32N2O4. The largest absolute Gasteiger partial charge is 0.444 e. The Morgan fingerprint density at radius 3 is 2.68 bits per heavy atom. The topological polar surface area (TPSA) is 71.0 Å². The molecule has 130 valence electrons. The highest BCUT2D eigenvalue weighted by Crippen LogP contribution is 2.24. The molecule has 1 aliphatic heterocycles. The zero-order valence-corrected chi connectivity index (χ0v) is 14.6. The van der Waals surface area contributed by atoms with Crippen molar-refractivity contribution >= 4 is 6.09 Å². The second kappa shape index (κ2) is 8.70. The molecule has 0 aromatic heterocycles. The van der Waals surface area contributed by atoms with Crippen molar-refractivity contribution in [1.29, 1.82) is 0 Å². The van der Waals surface area contributed by atoms with Crippen molar-refractivity contribution < 1.29 is 19.4 Å². The van der Waals surface area contributed by atoms with Crippen LogP contribution in [0.15, 0.2) is 0 Å². The number of likely N-dealkylation sites (tertiary alicyclic amines) is 1. The first-order valence-corrected chi connectivity index (χ1v) is 8.12. The molecule has 6 heteroatoms. The Hall–Kier alpha value is -0.850. The number of hydrogen-bond donors (Lipinski definition) is 2. The van der Waals surface area contributed by atoms with Crippen LogP contribution in [0.1, 0.15) is 47.0 Å². The molecule has 0 saturated carbocycles. The molecule has 1 amide bonds. The quantitative estimate of drug-likeness (QED) is 0.749. The van der Waals surface area contributed by atoms with Crippen LogP contribution in [0.5, 0.6) is 0 Å². The maximum absolute atomic E-state index is 12.3. The second-order valence-electron chi connectivity index (χ2n) is 7.11. The van der Waals surface area contributed by atoms with Gasteiger partial charge in [-0.05, 0) is 47.0 Å². The Bertz CT molecular complexity index is 344. The van der Waals surface area contributed by atoms with E-state index in [0.717, 1.165) is 25.8 Å². The number of ether oxygens (including phenoxy) is 2. The highest BCUT2D eigenvalue weighted by Gasteiger charge is 2.33. The predicted molar refractivity (Wildman–Crippen MR) is 85.9 cm³/mol. The normalized spacial score (nSPS) is 21.7. The SMILES string of the molecule is COC[C@H](CO)N[C@@H](C)C[C@H]1CCCN1C(=O)OC(C)(C)C. The van der Waals surface area contributed by atoms with Crippen molar-refractivity contribution in [2.24, 2.45) is 0 Å². The summed E-state index contributed by atoms with van der Waals surface area (Å²) in [4.78, 5) is 14.1. The van der Waals surface area contributed by atoms with E-state index in [1.165, 1.54) is 0 Å². The van der Waals surface area contributed by atoms with E-state index in [0.29, 0.717) is 6.61 Å². The first kappa shape index (κ1) is 19.2. The second-order valence-corrected chi connectivity index (χ2v) is 7.11. The molecule has 1 fully saturated rings. The molecule has 1 rings (SSSR count). The van der Waals surface area contributed by atoms with Gasteiger partial charge in [0, 0.05) is 25.7 Å². The van der Waals surface area contributed by atoms with Crippen molar-refractivity contribution in [2.75, 3.05) is 26.9 Å². The van der Waals surface area contributed by atoms with E-state index in [1.807, 2.05) is 25.7 Å². The number of amides is 1. The summed E-state index contributed by atoms with van der Waals surface area (Å²) in [5, 5.41) is 12.7. The lowest BCUT2D eigenvalue weighted by molar-refractivity contribution is 0.0211. The summed E-state index contributed by atoms with van der Waals surface area (Å²) in [6.45, 7) is 9.00. The van der Waals surface area contributed by atoms with Crippen LogP contribution in [0.2, 0.25) is 0 Å². The van der Waals surface area contributed by atoms with Crippen LogP contribution >= 0.6 is 0 Å². The molecule has 2 N–H and O–H groups in total. The fraction of sp³-hybridized carbons (Fsp3) is 0.938. The number of carbonyl (C=O) groups excluding carboxylic acids is 1. The number of hydrogen-bond acceptors (Lipinski definition) is 5. The Balaban J connectivity index is 2.50. The predicted octanol–water partition coefficient (Wildman–Crippen LogP) is 1.76. The van der Waals surface area contributed by atoms with Gasteiger partial charge in [-0.25, -0.2) is 4.79 Å². The summed E-state index contributed by atoms with van der Waals surface area (Å²) in [5.74, 6) is 0. The number of aliphatic hydroxyl groups is 1. The summed E-state index contributed by atoms with van der Waals surface area (Å²) < 4.78 is 10.6. The van der Waals surface area contributed by atoms with Crippen molar-refractivity contribution in [3.05, 3.63) is 0 Å². The molecule has 1 saturated heterocycles. The molecule has 0 aliphatic carbocycles. The first-order valence-electron chi connectivity index (χ1n) is 8.12. The van der Waals surface area contributed by atoms with Crippen LogP contribution in [-0.4, -0.2) is 66.7 Å². The van der Waals surface area contributed by atoms with Gasteiger partial charge in [0.05, 0.1) is 19.3 Å². The number of rotatable bonds is 7. The van der Waals surface area contributed by atoms with Gasteiger partial charge in [0.2, 0.25) is 0 Å². The van der Waals surface area contributed by atoms with Gasteiger partial charge in [-0.3, -0.25) is 0 Å². The lowest BCUT2D eigenvalue weighted by Crippen LogP contribution is -2.46. The monoisotopic (exact) mass is 316 g/mol. The molecule has 0 unspecified atom stereocenters. The van der Waals surface area contributed by atoms with E-state index in [-0.39, 0.29) is 30.8 Å². The Kier molecular flexibility index (Phi) is 7.59. The fourth-order valence-electron chi connectivity index (χ4n) is 2.87. The zero-order chi connectivity index (χ0) is 16.8. The minimum atomic E-state index is -0.464. The van der Waals surface area contributed by atoms with Crippen LogP contribution in [0.4, 0.5) is 4.79 Å². The number of aliphatic hydroxyl groups excluding tert-OH is 1. The number of carbonyl (C=O) groups is 1. The summed E-state index contributed by atoms with van der Waals surface area (Å²) in [5.41, 5.74) is -0.464. The van der Waals surface area contributed by atoms with Crippen LogP contribution in [0.25, 0.3) is 0 Å². The van der Waals surface area contributed by atoms with Gasteiger partial charge in [0.25, 0.3) is 0 Å². The molecule has 0 radical (unpaired) electrons. The molecule has 0 aromatic rings. The van der Waals surface area contributed by atoms with Crippen molar-refractivity contribution in [3.63, 3.8) is 0 Å². The van der Waals surface area contributed by atoms with Crippen LogP contribution in [-0.2, 0) is 9.47 Å². The summed E-state index contributed by atoms with van der Waals surface area (Å²) in [6.07, 6.45) is 2.63. The molecule has 3 atom stereocenters. The average Bonchev–Trinajstić information content (AvgIpc) is 2.84. The first-order chi connectivity index (χ1) is 10.3. The van der Waals surface area contributed by atoms with E-state index >= 15 is 0 Å². The van der Waals surface area contributed by atoms with Gasteiger partial charge >= 0.3 is 6.09 Å². The third-order valence-electron chi connectivity index (χ3n) is 3.74. The van der Waals surface area contributed by atoms with E-state index < -0.39 is 5.60 Å². The lowest BCUT2D eigenvalue weighted by atomic mass is 10.1. The highest BCUT2D eigenvalue weighted by molar-refractivity contribution is 5.68. The minimum Gasteiger partial charge on any atom is -0.444 e. The smallest absolute Gasteiger partial charge is 0.410 e. The van der Waals surface area contributed by atoms with Gasteiger partial charge in [-0.15, -0.1) is 0 Å². The third-order valence-corrected chi connectivity index (χ3v) is 3.74.